The van der Waals surface area contributed by atoms with Gasteiger partial charge in [0.15, 0.2) is 0 Å². The Bertz CT molecular complexity index is 1300. The predicted octanol–water partition coefficient (Wildman–Crippen LogP) is 13.8. The zero-order chi connectivity index (χ0) is 36.4. The largest absolute Gasteiger partial charge is 0.384 e. The molecule has 0 bridgehead atoms. The van der Waals surface area contributed by atoms with Crippen LogP contribution in [0.4, 0.5) is 11.4 Å². The summed E-state index contributed by atoms with van der Waals surface area (Å²) in [7, 11) is -3.79. The molecule has 0 saturated heterocycles. The van der Waals surface area contributed by atoms with Crippen LogP contribution in [0.2, 0.25) is 33.2 Å². The number of unbranched alkanes of at least 4 members (excludes halogenated alkanes) is 4. The van der Waals surface area contributed by atoms with Crippen molar-refractivity contribution in [2.24, 2.45) is 0 Å². The molecule has 0 atom stereocenters. The quantitative estimate of drug-likeness (QED) is 0.104. The van der Waals surface area contributed by atoms with Crippen LogP contribution in [0, 0.1) is 36.8 Å². The van der Waals surface area contributed by atoms with Gasteiger partial charge in [0.05, 0.1) is 22.5 Å². The Labute approximate surface area is 300 Å². The van der Waals surface area contributed by atoms with E-state index in [4.69, 9.17) is 0 Å². The highest BCUT2D eigenvalue weighted by molar-refractivity contribution is 6.91. The van der Waals surface area contributed by atoms with E-state index in [-0.39, 0.29) is 0 Å². The van der Waals surface area contributed by atoms with Crippen molar-refractivity contribution in [2.75, 3.05) is 23.7 Å². The molecule has 2 nitrogen and oxygen atoms in total. The van der Waals surface area contributed by atoms with Gasteiger partial charge in [-0.1, -0.05) is 134 Å². The number of hydrogen-bond donors (Lipinski definition) is 2. The highest BCUT2D eigenvalue weighted by atomic mass is 28.3. The van der Waals surface area contributed by atoms with Crippen LogP contribution in [-0.2, 0) is 0 Å². The molecule has 0 unspecified atom stereocenters. The van der Waals surface area contributed by atoms with Crippen LogP contribution >= 0.6 is 0 Å². The zero-order valence-electron chi connectivity index (χ0n) is 34.3. The molecule has 0 saturated carbocycles. The molecule has 0 aliphatic carbocycles. The molecule has 0 heterocycles. The third kappa shape index (κ3) is 9.14. The maximum atomic E-state index is 4.07. The van der Waals surface area contributed by atoms with Gasteiger partial charge in [-0.25, -0.2) is 0 Å². The van der Waals surface area contributed by atoms with Gasteiger partial charge in [0.2, 0.25) is 0 Å². The van der Waals surface area contributed by atoms with Crippen LogP contribution in [0.25, 0.3) is 10.8 Å². The fourth-order valence-electron chi connectivity index (χ4n) is 8.89. The number of hydrogen-bond acceptors (Lipinski definition) is 2. The van der Waals surface area contributed by atoms with E-state index in [1.807, 2.05) is 0 Å². The van der Waals surface area contributed by atoms with E-state index < -0.39 is 16.1 Å². The van der Waals surface area contributed by atoms with Gasteiger partial charge in [-0.15, -0.1) is 11.1 Å². The van der Waals surface area contributed by atoms with Crippen molar-refractivity contribution in [2.45, 2.75) is 183 Å². The van der Waals surface area contributed by atoms with Crippen LogP contribution in [-0.4, -0.2) is 29.2 Å². The third-order valence-electron chi connectivity index (χ3n) is 11.7. The minimum atomic E-state index is -1.90. The molecule has 0 fully saturated rings. The molecule has 0 aliphatic rings. The Kier molecular flexibility index (Phi) is 16.4. The van der Waals surface area contributed by atoms with E-state index in [0.29, 0.717) is 33.2 Å². The summed E-state index contributed by atoms with van der Waals surface area (Å²) < 4.78 is 0. The molecule has 48 heavy (non-hydrogen) atoms. The summed E-state index contributed by atoms with van der Waals surface area (Å²) >= 11 is 0. The monoisotopic (exact) mass is 687 g/mol. The van der Waals surface area contributed by atoms with Crippen LogP contribution in [0.5, 0.6) is 0 Å². The lowest BCUT2D eigenvalue weighted by Gasteiger charge is -2.38. The van der Waals surface area contributed by atoms with Gasteiger partial charge in [0, 0.05) is 13.1 Å². The summed E-state index contributed by atoms with van der Waals surface area (Å²) in [5, 5.41) is 10.4. The Balaban J connectivity index is 3.03. The van der Waals surface area contributed by atoms with Crippen LogP contribution < -0.4 is 10.6 Å². The van der Waals surface area contributed by atoms with Gasteiger partial charge >= 0.3 is 0 Å². The van der Waals surface area contributed by atoms with Gasteiger partial charge in [-0.3, -0.25) is 0 Å². The second kappa shape index (κ2) is 18.7. The second-order valence-corrected chi connectivity index (χ2v) is 27.7. The molecule has 0 spiro atoms. The Morgan fingerprint density at radius 1 is 0.500 bits per heavy atom. The first-order chi connectivity index (χ1) is 22.5. The van der Waals surface area contributed by atoms with E-state index in [1.165, 1.54) is 82.9 Å². The Hall–Kier alpha value is -2.15. The maximum Gasteiger partial charge on any atom is 0.146 e. The van der Waals surface area contributed by atoms with Crippen molar-refractivity contribution in [1.82, 2.24) is 0 Å². The average molecular weight is 687 g/mol. The zero-order valence-corrected chi connectivity index (χ0v) is 36.3. The molecular formula is C44H74N2Si2. The second-order valence-electron chi connectivity index (χ2n) is 16.5. The summed E-state index contributed by atoms with van der Waals surface area (Å²) in [6.45, 7) is 40.1. The van der Waals surface area contributed by atoms with E-state index in [9.17, 15) is 0 Å². The lowest BCUT2D eigenvalue weighted by molar-refractivity contribution is 0.743. The number of anilines is 2. The number of aryl methyl sites for hydroxylation is 2. The summed E-state index contributed by atoms with van der Waals surface area (Å²) in [6.07, 6.45) is 7.27. The van der Waals surface area contributed by atoms with Crippen molar-refractivity contribution in [1.29, 1.82) is 0 Å². The first-order valence-electron chi connectivity index (χ1n) is 19.7. The standard InChI is InChI=1S/C44H74N2Si2/c1-17-19-21-25-45-43-29-41-38(16)40(24-28-48(34(9)10,35(11)12)36(13)14)44(46-26-22-20-18-2)30-42(41)37(15)39(43)23-27-47(31(3)4,32(5)6)33(7)8/h29-36,45-46H,17-22,25-26H2,1-16H3. The molecule has 0 radical (unpaired) electrons. The number of benzene rings is 2. The van der Waals surface area contributed by atoms with Gasteiger partial charge in [-0.2, -0.15) is 0 Å². The van der Waals surface area contributed by atoms with E-state index >= 15 is 0 Å². The van der Waals surface area contributed by atoms with E-state index in [0.717, 1.165) is 13.1 Å². The summed E-state index contributed by atoms with van der Waals surface area (Å²) in [4.78, 5) is 0. The fraction of sp³-hybridized carbons (Fsp3) is 0.682. The van der Waals surface area contributed by atoms with Crippen LogP contribution in [0.1, 0.15) is 158 Å². The molecule has 0 amide bonds. The molecule has 0 aromatic heterocycles. The van der Waals surface area contributed by atoms with Crippen molar-refractivity contribution in [3.63, 3.8) is 0 Å². The van der Waals surface area contributed by atoms with E-state index in [2.05, 4.69) is 156 Å². The minimum Gasteiger partial charge on any atom is -0.384 e. The Morgan fingerprint density at radius 2 is 0.792 bits per heavy atom. The smallest absolute Gasteiger partial charge is 0.146 e. The summed E-state index contributed by atoms with van der Waals surface area (Å²) in [6, 6.07) is 4.84. The number of rotatable bonds is 16. The molecule has 2 aromatic carbocycles. The molecule has 0 aliphatic heterocycles. The van der Waals surface area contributed by atoms with Crippen molar-refractivity contribution in [3.05, 3.63) is 34.4 Å². The minimum absolute atomic E-state index is 0.604. The predicted molar refractivity (Wildman–Crippen MR) is 225 cm³/mol. The molecule has 4 heteroatoms. The number of fused-ring (bicyclic) bond motifs is 1. The lowest BCUT2D eigenvalue weighted by atomic mass is 9.92. The first-order valence-corrected chi connectivity index (χ1v) is 24.2. The van der Waals surface area contributed by atoms with E-state index in [1.54, 1.807) is 0 Å². The van der Waals surface area contributed by atoms with Gasteiger partial charge in [-0.05, 0) is 94.0 Å². The summed E-state index contributed by atoms with van der Waals surface area (Å²) in [5.74, 6) is 7.80. The number of nitrogens with one attached hydrogen (secondary N) is 2. The molecule has 2 rings (SSSR count). The van der Waals surface area contributed by atoms with Crippen LogP contribution in [0.3, 0.4) is 0 Å². The molecule has 2 N–H and O–H groups in total. The molecule has 268 valence electrons. The van der Waals surface area contributed by atoms with Crippen molar-refractivity contribution < 1.29 is 0 Å². The topological polar surface area (TPSA) is 24.1 Å². The van der Waals surface area contributed by atoms with Crippen molar-refractivity contribution >= 4 is 38.3 Å². The van der Waals surface area contributed by atoms with Gasteiger partial charge < -0.3 is 10.6 Å². The van der Waals surface area contributed by atoms with Gasteiger partial charge in [0.25, 0.3) is 0 Å². The first kappa shape index (κ1) is 42.0. The molecule has 2 aromatic rings. The Morgan fingerprint density at radius 3 is 1.04 bits per heavy atom. The van der Waals surface area contributed by atoms with Crippen molar-refractivity contribution in [3.8, 4) is 22.9 Å². The van der Waals surface area contributed by atoms with Gasteiger partial charge in [0.1, 0.15) is 16.1 Å². The molecular weight excluding hydrogens is 613 g/mol. The fourth-order valence-corrected chi connectivity index (χ4v) is 19.3. The van der Waals surface area contributed by atoms with Crippen LogP contribution in [0.15, 0.2) is 12.1 Å². The highest BCUT2D eigenvalue weighted by Gasteiger charge is 2.42. The lowest BCUT2D eigenvalue weighted by Crippen LogP contribution is -2.43. The highest BCUT2D eigenvalue weighted by Crippen LogP contribution is 2.43. The maximum absolute atomic E-state index is 4.07. The average Bonchev–Trinajstić information content (AvgIpc) is 2.99. The SMILES string of the molecule is CCCCCNc1cc2c(C)c(C#C[Si](C(C)C)(C(C)C)C(C)C)c(NCCCCC)cc2c(C)c1C#C[Si](C(C)C)(C(C)C)C(C)C. The summed E-state index contributed by atoms with van der Waals surface area (Å²) in [5.41, 5.74) is 19.1. The third-order valence-corrected chi connectivity index (χ3v) is 24.3. The normalized spacial score (nSPS) is 12.4.